The molecule has 0 fully saturated rings. The molecule has 0 bridgehead atoms. The summed E-state index contributed by atoms with van der Waals surface area (Å²) in [6.45, 7) is 5.74. The SMILES string of the molecule is CCCN(Cc1ccccc1)c1ccc(-c2ccccc2-c2nnn[nH]2)cc1NC(=O)Nc1ccc(C)cc1. The number of nitrogens with zero attached hydrogens (tertiary/aromatic N) is 4. The Morgan fingerprint density at radius 3 is 2.33 bits per heavy atom. The van der Waals surface area contributed by atoms with Crippen molar-refractivity contribution >= 4 is 23.1 Å². The number of tetrazole rings is 1. The topological polar surface area (TPSA) is 98.8 Å². The van der Waals surface area contributed by atoms with Gasteiger partial charge in [-0.1, -0.05) is 85.3 Å². The number of carbonyl (C=O) groups excluding carboxylic acids is 1. The second-order valence-electron chi connectivity index (χ2n) is 9.38. The van der Waals surface area contributed by atoms with Crippen LogP contribution in [0.4, 0.5) is 21.9 Å². The van der Waals surface area contributed by atoms with Crippen LogP contribution in [-0.4, -0.2) is 33.2 Å². The standard InChI is InChI=1S/C31H31N7O/c1-3-19-38(21-23-9-5-4-6-10-23)29-18-15-24(26-11-7-8-12-27(26)30-34-36-37-35-30)20-28(29)33-31(39)32-25-16-13-22(2)14-17-25/h4-18,20H,3,19,21H2,1-2H3,(H2,32,33,39)(H,34,35,36,37). The Balaban J connectivity index is 1.53. The molecule has 1 heterocycles. The van der Waals surface area contributed by atoms with Gasteiger partial charge in [-0.25, -0.2) is 9.89 Å². The summed E-state index contributed by atoms with van der Waals surface area (Å²) in [4.78, 5) is 15.5. The first-order valence-corrected chi connectivity index (χ1v) is 13.0. The molecule has 0 saturated carbocycles. The molecule has 3 N–H and O–H groups in total. The van der Waals surface area contributed by atoms with Gasteiger partial charge in [-0.15, -0.1) is 5.10 Å². The van der Waals surface area contributed by atoms with E-state index in [-0.39, 0.29) is 6.03 Å². The number of nitrogens with one attached hydrogen (secondary N) is 3. The number of benzene rings is 4. The molecule has 0 saturated heterocycles. The van der Waals surface area contributed by atoms with Gasteiger partial charge in [-0.3, -0.25) is 0 Å². The molecule has 39 heavy (non-hydrogen) atoms. The van der Waals surface area contributed by atoms with Crippen LogP contribution in [0.1, 0.15) is 24.5 Å². The highest BCUT2D eigenvalue weighted by atomic mass is 16.2. The number of amides is 2. The van der Waals surface area contributed by atoms with Crippen molar-refractivity contribution in [1.82, 2.24) is 20.6 Å². The van der Waals surface area contributed by atoms with Gasteiger partial charge < -0.3 is 15.5 Å². The van der Waals surface area contributed by atoms with Gasteiger partial charge in [0.25, 0.3) is 0 Å². The fraction of sp³-hybridized carbons (Fsp3) is 0.161. The maximum Gasteiger partial charge on any atom is 0.323 e. The van der Waals surface area contributed by atoms with Gasteiger partial charge in [-0.2, -0.15) is 0 Å². The number of carbonyl (C=O) groups is 1. The summed E-state index contributed by atoms with van der Waals surface area (Å²) in [6, 6.07) is 31.9. The number of aromatic nitrogens is 4. The van der Waals surface area contributed by atoms with Crippen molar-refractivity contribution < 1.29 is 4.79 Å². The first-order valence-electron chi connectivity index (χ1n) is 13.0. The van der Waals surface area contributed by atoms with Gasteiger partial charge in [0.05, 0.1) is 11.4 Å². The predicted molar refractivity (Wildman–Crippen MR) is 157 cm³/mol. The minimum atomic E-state index is -0.305. The van der Waals surface area contributed by atoms with E-state index < -0.39 is 0 Å². The smallest absolute Gasteiger partial charge is 0.323 e. The third kappa shape index (κ3) is 6.30. The van der Waals surface area contributed by atoms with Crippen molar-refractivity contribution in [1.29, 1.82) is 0 Å². The van der Waals surface area contributed by atoms with Gasteiger partial charge in [0, 0.05) is 24.3 Å². The highest BCUT2D eigenvalue weighted by Crippen LogP contribution is 2.36. The Kier molecular flexibility index (Phi) is 7.92. The van der Waals surface area contributed by atoms with Gasteiger partial charge in [0.1, 0.15) is 0 Å². The van der Waals surface area contributed by atoms with Crippen LogP contribution >= 0.6 is 0 Å². The lowest BCUT2D eigenvalue weighted by Gasteiger charge is -2.28. The molecule has 8 heteroatoms. The van der Waals surface area contributed by atoms with Crippen LogP contribution in [0, 0.1) is 6.92 Å². The number of rotatable bonds is 9. The Labute approximate surface area is 228 Å². The predicted octanol–water partition coefficient (Wildman–Crippen LogP) is 6.90. The monoisotopic (exact) mass is 517 g/mol. The molecule has 0 atom stereocenters. The van der Waals surface area contributed by atoms with Crippen LogP contribution in [0.25, 0.3) is 22.5 Å². The van der Waals surface area contributed by atoms with Crippen LogP contribution in [-0.2, 0) is 6.54 Å². The fourth-order valence-corrected chi connectivity index (χ4v) is 4.57. The van der Waals surface area contributed by atoms with Crippen LogP contribution in [0.5, 0.6) is 0 Å². The number of hydrogen-bond acceptors (Lipinski definition) is 5. The Bertz CT molecular complexity index is 1520. The molecule has 1 aromatic heterocycles. The summed E-state index contributed by atoms with van der Waals surface area (Å²) in [5.74, 6) is 0.581. The lowest BCUT2D eigenvalue weighted by Crippen LogP contribution is -2.26. The molecule has 0 aliphatic carbocycles. The number of H-pyrrole nitrogens is 1. The van der Waals surface area contributed by atoms with Crippen molar-refractivity contribution in [2.75, 3.05) is 22.1 Å². The molecule has 2 amide bonds. The number of anilines is 3. The van der Waals surface area contributed by atoms with E-state index in [1.807, 2.05) is 79.7 Å². The van der Waals surface area contributed by atoms with E-state index in [2.05, 4.69) is 67.3 Å². The highest BCUT2D eigenvalue weighted by molar-refractivity contribution is 6.02. The van der Waals surface area contributed by atoms with Gasteiger partial charge in [0.2, 0.25) is 0 Å². The molecule has 5 rings (SSSR count). The highest BCUT2D eigenvalue weighted by Gasteiger charge is 2.17. The van der Waals surface area contributed by atoms with Crippen molar-refractivity contribution in [3.63, 3.8) is 0 Å². The first kappa shape index (κ1) is 25.7. The summed E-state index contributed by atoms with van der Waals surface area (Å²) < 4.78 is 0. The molecule has 5 aromatic rings. The third-order valence-corrected chi connectivity index (χ3v) is 6.44. The van der Waals surface area contributed by atoms with Crippen molar-refractivity contribution in [2.45, 2.75) is 26.8 Å². The summed E-state index contributed by atoms with van der Waals surface area (Å²) in [6.07, 6.45) is 0.963. The molecule has 4 aromatic carbocycles. The lowest BCUT2D eigenvalue weighted by molar-refractivity contribution is 0.262. The molecule has 0 aliphatic rings. The zero-order chi connectivity index (χ0) is 27.0. The van der Waals surface area contributed by atoms with Crippen LogP contribution in [0.2, 0.25) is 0 Å². The molecule has 0 aliphatic heterocycles. The number of aryl methyl sites for hydroxylation is 1. The quantitative estimate of drug-likeness (QED) is 0.197. The molecule has 8 nitrogen and oxygen atoms in total. The second kappa shape index (κ2) is 12.0. The minimum Gasteiger partial charge on any atom is -0.366 e. The second-order valence-corrected chi connectivity index (χ2v) is 9.38. The maximum absolute atomic E-state index is 13.2. The van der Waals surface area contributed by atoms with Gasteiger partial charge in [-0.05, 0) is 64.7 Å². The third-order valence-electron chi connectivity index (χ3n) is 6.44. The first-order chi connectivity index (χ1) is 19.1. The molecule has 0 spiro atoms. The van der Waals surface area contributed by atoms with Crippen molar-refractivity contribution in [3.05, 3.63) is 108 Å². The van der Waals surface area contributed by atoms with E-state index in [1.165, 1.54) is 5.56 Å². The largest absolute Gasteiger partial charge is 0.366 e. The Morgan fingerprint density at radius 2 is 1.62 bits per heavy atom. The molecule has 196 valence electrons. The Hall–Kier alpha value is -4.98. The van der Waals surface area contributed by atoms with Gasteiger partial charge in [0.15, 0.2) is 5.82 Å². The van der Waals surface area contributed by atoms with Gasteiger partial charge >= 0.3 is 6.03 Å². The molecule has 0 radical (unpaired) electrons. The number of aromatic amines is 1. The van der Waals surface area contributed by atoms with E-state index in [1.54, 1.807) is 0 Å². The summed E-state index contributed by atoms with van der Waals surface area (Å²) in [7, 11) is 0. The van der Waals surface area contributed by atoms with Crippen LogP contribution < -0.4 is 15.5 Å². The fourth-order valence-electron chi connectivity index (χ4n) is 4.57. The van der Waals surface area contributed by atoms with E-state index in [0.29, 0.717) is 11.5 Å². The van der Waals surface area contributed by atoms with E-state index >= 15 is 0 Å². The molecular weight excluding hydrogens is 486 g/mol. The van der Waals surface area contributed by atoms with E-state index in [4.69, 9.17) is 0 Å². The average Bonchev–Trinajstić information content (AvgIpc) is 3.50. The van der Waals surface area contributed by atoms with Crippen molar-refractivity contribution in [2.24, 2.45) is 0 Å². The molecular formula is C31H31N7O. The number of urea groups is 1. The normalized spacial score (nSPS) is 10.7. The van der Waals surface area contributed by atoms with E-state index in [0.717, 1.165) is 53.1 Å². The molecule has 0 unspecified atom stereocenters. The van der Waals surface area contributed by atoms with Crippen LogP contribution in [0.15, 0.2) is 97.1 Å². The zero-order valence-corrected chi connectivity index (χ0v) is 22.1. The van der Waals surface area contributed by atoms with E-state index in [9.17, 15) is 4.79 Å². The average molecular weight is 518 g/mol. The Morgan fingerprint density at radius 1 is 0.872 bits per heavy atom. The van der Waals surface area contributed by atoms with Crippen LogP contribution in [0.3, 0.4) is 0 Å². The summed E-state index contributed by atoms with van der Waals surface area (Å²) >= 11 is 0. The lowest BCUT2D eigenvalue weighted by atomic mass is 9.98. The number of hydrogen-bond donors (Lipinski definition) is 3. The van der Waals surface area contributed by atoms with Crippen molar-refractivity contribution in [3.8, 4) is 22.5 Å². The minimum absolute atomic E-state index is 0.305. The zero-order valence-electron chi connectivity index (χ0n) is 22.1. The maximum atomic E-state index is 13.2. The summed E-state index contributed by atoms with van der Waals surface area (Å²) in [5, 5.41) is 20.5. The summed E-state index contributed by atoms with van der Waals surface area (Å²) in [5.41, 5.74) is 7.49.